The number of hydrogen-bond acceptors (Lipinski definition) is 11. The number of nitrogens with one attached hydrogen (secondary N) is 1. The first kappa shape index (κ1) is 29.5. The minimum absolute atomic E-state index is 0.107. The van der Waals surface area contributed by atoms with Gasteiger partial charge in [0.2, 0.25) is 11.8 Å². The summed E-state index contributed by atoms with van der Waals surface area (Å²) in [6, 6.07) is 13.1. The lowest BCUT2D eigenvalue weighted by Crippen LogP contribution is -2.66. The van der Waals surface area contributed by atoms with Gasteiger partial charge < -0.3 is 30.3 Å². The van der Waals surface area contributed by atoms with Crippen molar-refractivity contribution >= 4 is 50.5 Å². The number of piperazine rings is 1. The van der Waals surface area contributed by atoms with Crippen LogP contribution in [0.5, 0.6) is 5.75 Å². The number of hydrogen-bond donors (Lipinski definition) is 2. The number of hydrazine groups is 1. The lowest BCUT2D eigenvalue weighted by Gasteiger charge is -2.46. The van der Waals surface area contributed by atoms with Crippen LogP contribution in [-0.4, -0.2) is 101 Å². The molecular weight excluding hydrogens is 576 g/mol. The number of anilines is 1. The fourth-order valence-corrected chi connectivity index (χ4v) is 6.15. The molecule has 43 heavy (non-hydrogen) atoms. The van der Waals surface area contributed by atoms with Crippen molar-refractivity contribution < 1.29 is 28.7 Å². The van der Waals surface area contributed by atoms with Gasteiger partial charge in [0.15, 0.2) is 11.7 Å². The van der Waals surface area contributed by atoms with E-state index in [1.54, 1.807) is 34.2 Å². The third-order valence-corrected chi connectivity index (χ3v) is 8.21. The SMILES string of the molecule is CNC(=O)N(CC#N)N1CC(=O)N2[C@@H](Cc3ccc(OCC(=O)OC)cc3)C(=O)N(Cc3cccc4sc(N)nc34)C[C@@H]21. The van der Waals surface area contributed by atoms with E-state index in [0.717, 1.165) is 15.8 Å². The summed E-state index contributed by atoms with van der Waals surface area (Å²) in [5, 5.41) is 15.1. The minimum Gasteiger partial charge on any atom is -0.482 e. The summed E-state index contributed by atoms with van der Waals surface area (Å²) < 4.78 is 10.9. The number of nitrogen functional groups attached to an aromatic ring is 1. The zero-order chi connectivity index (χ0) is 30.7. The van der Waals surface area contributed by atoms with Gasteiger partial charge in [-0.15, -0.1) is 0 Å². The molecule has 3 aromatic rings. The van der Waals surface area contributed by atoms with E-state index >= 15 is 0 Å². The van der Waals surface area contributed by atoms with Gasteiger partial charge in [-0.25, -0.2) is 19.6 Å². The van der Waals surface area contributed by atoms with E-state index in [-0.39, 0.29) is 51.0 Å². The average Bonchev–Trinajstić information content (AvgIpc) is 3.55. The number of aromatic nitrogens is 1. The lowest BCUT2D eigenvalue weighted by molar-refractivity contribution is -0.157. The number of urea groups is 1. The number of carbonyl (C=O) groups excluding carboxylic acids is 4. The number of ether oxygens (including phenoxy) is 2. The fraction of sp³-hybridized carbons (Fsp3) is 0.357. The van der Waals surface area contributed by atoms with Crippen molar-refractivity contribution in [3.8, 4) is 11.8 Å². The predicted octanol–water partition coefficient (Wildman–Crippen LogP) is 0.934. The zero-order valence-corrected chi connectivity index (χ0v) is 24.4. The van der Waals surface area contributed by atoms with Crippen LogP contribution in [0.15, 0.2) is 42.5 Å². The molecule has 0 radical (unpaired) electrons. The number of esters is 1. The predicted molar refractivity (Wildman–Crippen MR) is 155 cm³/mol. The van der Waals surface area contributed by atoms with Crippen LogP contribution >= 0.6 is 11.3 Å². The first-order valence-corrected chi connectivity index (χ1v) is 14.2. The van der Waals surface area contributed by atoms with Crippen molar-refractivity contribution in [2.24, 2.45) is 0 Å². The Labute approximate surface area is 251 Å². The Bertz CT molecular complexity index is 1590. The van der Waals surface area contributed by atoms with Crippen LogP contribution in [0, 0.1) is 11.3 Å². The second-order valence-electron chi connectivity index (χ2n) is 9.91. The molecule has 15 heteroatoms. The Balaban J connectivity index is 1.46. The van der Waals surface area contributed by atoms with Crippen molar-refractivity contribution in [2.75, 3.05) is 46.1 Å². The molecule has 1 aromatic heterocycles. The van der Waals surface area contributed by atoms with Crippen LogP contribution in [0.4, 0.5) is 9.93 Å². The van der Waals surface area contributed by atoms with Gasteiger partial charge in [0.25, 0.3) is 0 Å². The van der Waals surface area contributed by atoms with E-state index in [0.29, 0.717) is 16.4 Å². The molecule has 5 rings (SSSR count). The highest BCUT2D eigenvalue weighted by Gasteiger charge is 2.52. The summed E-state index contributed by atoms with van der Waals surface area (Å²) in [6.07, 6.45) is -0.502. The Morgan fingerprint density at radius 1 is 1.23 bits per heavy atom. The molecule has 3 N–H and O–H groups in total. The summed E-state index contributed by atoms with van der Waals surface area (Å²) in [5.74, 6) is -0.662. The second kappa shape index (κ2) is 12.5. The molecule has 4 amide bonds. The number of nitrogens with two attached hydrogens (primary N) is 1. The monoisotopic (exact) mass is 606 g/mol. The Hall–Kier alpha value is -4.94. The molecule has 2 fully saturated rings. The maximum atomic E-state index is 14.1. The van der Waals surface area contributed by atoms with Crippen molar-refractivity contribution in [1.29, 1.82) is 5.26 Å². The molecule has 2 saturated heterocycles. The molecule has 2 atom stereocenters. The van der Waals surface area contributed by atoms with E-state index in [2.05, 4.69) is 15.0 Å². The van der Waals surface area contributed by atoms with Gasteiger partial charge in [-0.2, -0.15) is 10.3 Å². The molecular formula is C28H30N8O6S. The standard InChI is InChI=1S/C28H30N8O6S/c1-31-28(40)34(11-10-29)35-15-23(37)36-20(12-17-6-8-19(9-7-17)42-16-24(38)41-2)26(39)33(14-22(35)36)13-18-4-3-5-21-25(18)32-27(30)43-21/h3-9,20,22H,11-16H2,1-2H3,(H2,30,32)(H,31,40)/t20-,22+/m0/s1. The number of methoxy groups -OCH3 is 1. The molecule has 3 heterocycles. The highest BCUT2D eigenvalue weighted by molar-refractivity contribution is 7.22. The van der Waals surface area contributed by atoms with Crippen molar-refractivity contribution in [3.63, 3.8) is 0 Å². The number of nitrogens with zero attached hydrogens (tertiary/aromatic N) is 6. The molecule has 0 saturated carbocycles. The molecule has 0 bridgehead atoms. The Kier molecular flexibility index (Phi) is 8.60. The number of amides is 4. The molecule has 2 aliphatic rings. The molecule has 0 unspecified atom stereocenters. The average molecular weight is 607 g/mol. The van der Waals surface area contributed by atoms with Crippen LogP contribution < -0.4 is 15.8 Å². The molecule has 0 spiro atoms. The van der Waals surface area contributed by atoms with E-state index in [1.807, 2.05) is 24.3 Å². The van der Waals surface area contributed by atoms with Crippen molar-refractivity contribution in [1.82, 2.24) is 30.1 Å². The topological polar surface area (TPSA) is 174 Å². The summed E-state index contributed by atoms with van der Waals surface area (Å²) in [5.41, 5.74) is 8.22. The maximum Gasteiger partial charge on any atom is 0.343 e. The molecule has 14 nitrogen and oxygen atoms in total. The van der Waals surface area contributed by atoms with Gasteiger partial charge in [0.05, 0.1) is 36.5 Å². The number of thiazole rings is 1. The summed E-state index contributed by atoms with van der Waals surface area (Å²) in [4.78, 5) is 59.3. The van der Waals surface area contributed by atoms with Gasteiger partial charge in [0.1, 0.15) is 24.5 Å². The fourth-order valence-electron chi connectivity index (χ4n) is 5.37. The van der Waals surface area contributed by atoms with Crippen molar-refractivity contribution in [3.05, 3.63) is 53.6 Å². The third-order valence-electron chi connectivity index (χ3n) is 7.36. The Morgan fingerprint density at radius 2 is 2.00 bits per heavy atom. The zero-order valence-electron chi connectivity index (χ0n) is 23.6. The molecule has 224 valence electrons. The molecule has 0 aliphatic carbocycles. The van der Waals surface area contributed by atoms with Gasteiger partial charge in [0, 0.05) is 20.0 Å². The first-order chi connectivity index (χ1) is 20.7. The van der Waals surface area contributed by atoms with Gasteiger partial charge >= 0.3 is 12.0 Å². The van der Waals surface area contributed by atoms with Gasteiger partial charge in [-0.1, -0.05) is 35.6 Å². The van der Waals surface area contributed by atoms with E-state index in [1.165, 1.54) is 35.4 Å². The minimum atomic E-state index is -0.883. The summed E-state index contributed by atoms with van der Waals surface area (Å²) >= 11 is 1.35. The number of nitriles is 1. The number of benzene rings is 2. The first-order valence-electron chi connectivity index (χ1n) is 13.4. The summed E-state index contributed by atoms with van der Waals surface area (Å²) in [7, 11) is 2.72. The van der Waals surface area contributed by atoms with E-state index < -0.39 is 24.2 Å². The normalized spacial score (nSPS) is 18.3. The third kappa shape index (κ3) is 6.01. The van der Waals surface area contributed by atoms with Crippen LogP contribution in [0.3, 0.4) is 0 Å². The second-order valence-corrected chi connectivity index (χ2v) is 11.0. The van der Waals surface area contributed by atoms with E-state index in [9.17, 15) is 24.4 Å². The quantitative estimate of drug-likeness (QED) is 0.263. The maximum absolute atomic E-state index is 14.1. The number of fused-ring (bicyclic) bond motifs is 2. The Morgan fingerprint density at radius 3 is 2.70 bits per heavy atom. The molecule has 2 aromatic carbocycles. The van der Waals surface area contributed by atoms with E-state index in [4.69, 9.17) is 10.5 Å². The smallest absolute Gasteiger partial charge is 0.343 e. The highest BCUT2D eigenvalue weighted by Crippen LogP contribution is 2.32. The highest BCUT2D eigenvalue weighted by atomic mass is 32.1. The van der Waals surface area contributed by atoms with Crippen molar-refractivity contribution in [2.45, 2.75) is 25.2 Å². The summed E-state index contributed by atoms with van der Waals surface area (Å²) in [6.45, 7) is -0.374. The van der Waals surface area contributed by atoms with Crippen LogP contribution in [0.25, 0.3) is 10.2 Å². The number of para-hydroxylation sites is 1. The number of rotatable bonds is 9. The largest absolute Gasteiger partial charge is 0.482 e. The van der Waals surface area contributed by atoms with Crippen LogP contribution in [0.2, 0.25) is 0 Å². The van der Waals surface area contributed by atoms with Crippen LogP contribution in [0.1, 0.15) is 11.1 Å². The molecule has 2 aliphatic heterocycles. The van der Waals surface area contributed by atoms with Gasteiger partial charge in [-0.05, 0) is 29.3 Å². The van der Waals surface area contributed by atoms with Gasteiger partial charge in [-0.3, -0.25) is 9.59 Å². The number of carbonyl (C=O) groups is 4. The van der Waals surface area contributed by atoms with Crippen LogP contribution in [-0.2, 0) is 32.1 Å². The lowest BCUT2D eigenvalue weighted by atomic mass is 9.99.